The van der Waals surface area contributed by atoms with E-state index in [4.69, 9.17) is 14.2 Å². The number of methoxy groups -OCH3 is 1. The molecule has 17 heteroatoms. The van der Waals surface area contributed by atoms with Crippen molar-refractivity contribution in [1.82, 2.24) is 20.3 Å². The zero-order valence-electron chi connectivity index (χ0n) is 24.3. The zero-order chi connectivity index (χ0) is 32.5. The molecule has 0 radical (unpaired) electrons. The maximum atomic E-state index is 14.1. The van der Waals surface area contributed by atoms with Gasteiger partial charge in [-0.3, -0.25) is 4.79 Å². The molecule has 1 aromatic carbocycles. The Morgan fingerprint density at radius 1 is 1.18 bits per heavy atom. The van der Waals surface area contributed by atoms with Gasteiger partial charge in [-0.15, -0.1) is 16.9 Å². The maximum Gasteiger partial charge on any atom is 0.248 e. The second-order valence-electron chi connectivity index (χ2n) is 11.6. The largest absolute Gasteiger partial charge is 0.394 e. The quantitative estimate of drug-likeness (QED) is 0.232. The summed E-state index contributed by atoms with van der Waals surface area (Å²) in [5, 5.41) is 42.3. The Kier molecular flexibility index (Phi) is 10.4. The van der Waals surface area contributed by atoms with Crippen LogP contribution in [0.2, 0.25) is 0 Å². The molecule has 1 aliphatic carbocycles. The van der Waals surface area contributed by atoms with Gasteiger partial charge in [0.05, 0.1) is 18.4 Å². The number of carbonyl (C=O) groups is 1. The van der Waals surface area contributed by atoms with E-state index in [1.807, 2.05) is 0 Å². The lowest BCUT2D eigenvalue weighted by atomic mass is 9.80. The number of alkyl halides is 2. The van der Waals surface area contributed by atoms with Crippen molar-refractivity contribution < 1.29 is 56.3 Å². The fourth-order valence-electron chi connectivity index (χ4n) is 5.98. The van der Waals surface area contributed by atoms with Gasteiger partial charge in [0.15, 0.2) is 17.5 Å². The van der Waals surface area contributed by atoms with E-state index in [0.717, 1.165) is 28.6 Å². The molecular formula is C28H35F5N4O7S. The number of carbonyl (C=O) groups excluding carboxylic acids is 1. The van der Waals surface area contributed by atoms with Gasteiger partial charge in [-0.25, -0.2) is 26.6 Å². The number of aliphatic hydroxyl groups excluding tert-OH is 2. The summed E-state index contributed by atoms with van der Waals surface area (Å²) < 4.78 is 87.7. The lowest BCUT2D eigenvalue weighted by Gasteiger charge is -2.46. The summed E-state index contributed by atoms with van der Waals surface area (Å²) in [4.78, 5) is 13.7. The fourth-order valence-corrected chi connectivity index (χ4v) is 7.56. The molecule has 1 saturated carbocycles. The topological polar surface area (TPSA) is 148 Å². The van der Waals surface area contributed by atoms with E-state index in [1.165, 1.54) is 13.3 Å². The third-order valence-electron chi connectivity index (χ3n) is 8.60. The molecular weight excluding hydrogens is 631 g/mol. The zero-order valence-corrected chi connectivity index (χ0v) is 25.1. The summed E-state index contributed by atoms with van der Waals surface area (Å²) in [6, 6.07) is 0.0422. The number of halogens is 5. The van der Waals surface area contributed by atoms with Crippen molar-refractivity contribution in [2.45, 2.75) is 91.1 Å². The minimum absolute atomic E-state index is 0.0720. The molecule has 5 rings (SSSR count). The van der Waals surface area contributed by atoms with Crippen molar-refractivity contribution in [2.75, 3.05) is 26.9 Å². The lowest BCUT2D eigenvalue weighted by molar-refractivity contribution is -0.186. The van der Waals surface area contributed by atoms with Gasteiger partial charge in [0.1, 0.15) is 40.7 Å². The number of nitrogens with one attached hydrogen (secondary N) is 1. The van der Waals surface area contributed by atoms with Crippen LogP contribution in [-0.2, 0) is 19.0 Å². The summed E-state index contributed by atoms with van der Waals surface area (Å²) in [6.07, 6.45) is -3.55. The number of nitrogens with zero attached hydrogens (tertiary/aromatic N) is 3. The molecule has 0 spiro atoms. The van der Waals surface area contributed by atoms with Crippen LogP contribution in [0.3, 0.4) is 0 Å². The summed E-state index contributed by atoms with van der Waals surface area (Å²) >= 11 is 0.819. The maximum absolute atomic E-state index is 14.1. The summed E-state index contributed by atoms with van der Waals surface area (Å²) in [7, 11) is 1.29. The minimum Gasteiger partial charge on any atom is -0.394 e. The standard InChI is InChI=1S/C28H35F5N4O7S/c1-42-23-21(37-12-18(35-36-37)14-10-16(29)20(31)17(30)11-14)22(39)19(13-38)44-26(23)45-24(25(40)34-15-2-8-43-9-3-15)27(41)4-6-28(32,33)7-5-27/h10-12,15,19,21-24,26,38-39,41H,2-9,13H2,1H3,(H,34,40)/t19-,21+,22+,23-,24?,26+/m1/s1. The highest BCUT2D eigenvalue weighted by Crippen LogP contribution is 2.47. The fraction of sp³-hybridized carbons (Fsp3) is 0.679. The Morgan fingerprint density at radius 2 is 1.82 bits per heavy atom. The number of hydrogen-bond acceptors (Lipinski definition) is 10. The Morgan fingerprint density at radius 3 is 2.42 bits per heavy atom. The smallest absolute Gasteiger partial charge is 0.248 e. The van der Waals surface area contributed by atoms with Crippen molar-refractivity contribution in [3.63, 3.8) is 0 Å². The molecule has 2 saturated heterocycles. The van der Waals surface area contributed by atoms with Crippen LogP contribution < -0.4 is 5.32 Å². The van der Waals surface area contributed by atoms with E-state index in [1.54, 1.807) is 0 Å². The van der Waals surface area contributed by atoms with Crippen molar-refractivity contribution in [3.05, 3.63) is 35.8 Å². The van der Waals surface area contributed by atoms with E-state index in [9.17, 15) is 42.1 Å². The number of benzene rings is 1. The molecule has 3 heterocycles. The first-order valence-corrected chi connectivity index (χ1v) is 15.5. The van der Waals surface area contributed by atoms with Crippen molar-refractivity contribution in [2.24, 2.45) is 0 Å². The van der Waals surface area contributed by atoms with Crippen LogP contribution >= 0.6 is 11.8 Å². The molecule has 3 fully saturated rings. The molecule has 11 nitrogen and oxygen atoms in total. The van der Waals surface area contributed by atoms with Gasteiger partial charge < -0.3 is 34.8 Å². The highest BCUT2D eigenvalue weighted by Gasteiger charge is 2.54. The first kappa shape index (κ1) is 33.9. The van der Waals surface area contributed by atoms with Crippen LogP contribution in [0.1, 0.15) is 44.6 Å². The molecule has 250 valence electrons. The second kappa shape index (κ2) is 13.8. The van der Waals surface area contributed by atoms with E-state index < -0.39 is 89.4 Å². The average Bonchev–Trinajstić information content (AvgIpc) is 3.50. The Bertz CT molecular complexity index is 1320. The molecule has 3 aliphatic rings. The van der Waals surface area contributed by atoms with E-state index in [0.29, 0.717) is 26.1 Å². The number of hydrogen-bond donors (Lipinski definition) is 4. The molecule has 45 heavy (non-hydrogen) atoms. The van der Waals surface area contributed by atoms with Gasteiger partial charge in [-0.1, -0.05) is 5.21 Å². The Balaban J connectivity index is 1.45. The summed E-state index contributed by atoms with van der Waals surface area (Å²) in [6.45, 7) is 0.160. The molecule has 1 unspecified atom stereocenters. The number of aromatic nitrogens is 3. The molecule has 1 amide bonds. The van der Waals surface area contributed by atoms with Crippen LogP contribution in [-0.4, -0.2) is 110 Å². The average molecular weight is 667 g/mol. The van der Waals surface area contributed by atoms with Crippen LogP contribution in [0.15, 0.2) is 18.3 Å². The minimum atomic E-state index is -2.99. The molecule has 1 aromatic heterocycles. The number of rotatable bonds is 9. The predicted octanol–water partition coefficient (Wildman–Crippen LogP) is 2.33. The molecule has 4 N–H and O–H groups in total. The van der Waals surface area contributed by atoms with Crippen LogP contribution in [0, 0.1) is 17.5 Å². The molecule has 2 aromatic rings. The van der Waals surface area contributed by atoms with Crippen LogP contribution in [0.25, 0.3) is 11.3 Å². The lowest BCUT2D eigenvalue weighted by Crippen LogP contribution is -2.59. The third kappa shape index (κ3) is 7.29. The first-order chi connectivity index (χ1) is 21.4. The SMILES string of the molecule is CO[C@@H]1[C@@H](n2cc(-c3cc(F)c(F)c(F)c3)nn2)[C@@H](O)[C@@H](CO)O[C@H]1SC(C(=O)NC1CCOCC1)C1(O)CCC(F)(F)CC1. The van der Waals surface area contributed by atoms with E-state index >= 15 is 0 Å². The Hall–Kier alpha value is -2.41. The second-order valence-corrected chi connectivity index (χ2v) is 12.8. The van der Waals surface area contributed by atoms with Gasteiger partial charge in [0.25, 0.3) is 0 Å². The highest BCUT2D eigenvalue weighted by atomic mass is 32.2. The molecule has 6 atom stereocenters. The van der Waals surface area contributed by atoms with Crippen molar-refractivity contribution >= 4 is 17.7 Å². The van der Waals surface area contributed by atoms with Gasteiger partial charge in [0.2, 0.25) is 11.8 Å². The van der Waals surface area contributed by atoms with Crippen LogP contribution in [0.4, 0.5) is 22.0 Å². The Labute approximate surface area is 259 Å². The number of thioether (sulfide) groups is 1. The van der Waals surface area contributed by atoms with Gasteiger partial charge in [-0.2, -0.15) is 0 Å². The van der Waals surface area contributed by atoms with Gasteiger partial charge in [0, 0.05) is 44.8 Å². The number of ether oxygens (including phenoxy) is 3. The summed E-state index contributed by atoms with van der Waals surface area (Å²) in [5.41, 5.74) is -3.22. The van der Waals surface area contributed by atoms with Crippen molar-refractivity contribution in [3.8, 4) is 11.3 Å². The third-order valence-corrected chi connectivity index (χ3v) is 10.2. The number of aliphatic hydroxyl groups is 3. The van der Waals surface area contributed by atoms with Gasteiger partial charge >= 0.3 is 0 Å². The monoisotopic (exact) mass is 666 g/mol. The van der Waals surface area contributed by atoms with E-state index in [-0.39, 0.29) is 30.1 Å². The van der Waals surface area contributed by atoms with Crippen LogP contribution in [0.5, 0.6) is 0 Å². The van der Waals surface area contributed by atoms with E-state index in [2.05, 4.69) is 15.6 Å². The normalized spacial score (nSPS) is 29.3. The molecule has 0 bridgehead atoms. The summed E-state index contributed by atoms with van der Waals surface area (Å²) in [5.74, 6) is -8.13. The first-order valence-electron chi connectivity index (χ1n) is 14.5. The van der Waals surface area contributed by atoms with Gasteiger partial charge in [-0.05, 0) is 37.8 Å². The number of amides is 1. The predicted molar refractivity (Wildman–Crippen MR) is 149 cm³/mol. The highest BCUT2D eigenvalue weighted by molar-refractivity contribution is 8.01. The van der Waals surface area contributed by atoms with Crippen molar-refractivity contribution in [1.29, 1.82) is 0 Å². The molecule has 2 aliphatic heterocycles.